The van der Waals surface area contributed by atoms with Gasteiger partial charge in [-0.15, -0.1) is 10.2 Å². The van der Waals surface area contributed by atoms with Crippen molar-refractivity contribution in [3.8, 4) is 5.88 Å². The Morgan fingerprint density at radius 2 is 2.04 bits per heavy atom. The van der Waals surface area contributed by atoms with E-state index in [2.05, 4.69) is 26.1 Å². The highest BCUT2D eigenvalue weighted by Gasteiger charge is 2.43. The Morgan fingerprint density at radius 3 is 2.74 bits per heavy atom. The minimum Gasteiger partial charge on any atom is -0.471 e. The average Bonchev–Trinajstić information content (AvgIpc) is 2.61. The Labute approximate surface area is 140 Å². The molecule has 6 heteroatoms. The quantitative estimate of drug-likeness (QED) is 0.862. The summed E-state index contributed by atoms with van der Waals surface area (Å²) in [7, 11) is 0. The van der Waals surface area contributed by atoms with E-state index in [9.17, 15) is 0 Å². The topological polar surface area (TPSA) is 51.1 Å². The number of aromatic nitrogens is 3. The first-order valence-electron chi connectivity index (χ1n) is 8.08. The molecule has 2 aromatic rings. The minimum absolute atomic E-state index is 0.146. The summed E-state index contributed by atoms with van der Waals surface area (Å²) in [6.07, 6.45) is 7.24. The summed E-state index contributed by atoms with van der Waals surface area (Å²) in [6.45, 7) is 2.31. The van der Waals surface area contributed by atoms with E-state index in [0.29, 0.717) is 23.0 Å². The number of hydrogen-bond acceptors (Lipinski definition) is 5. The standard InChI is InChI=1S/C17H19ClN4O/c18-15-3-4-16(21-20-15)23-17-13-5-8-22(9-6-13)14(17)10-12-2-1-7-19-11-12/h1-4,7,11,13-14,17H,5-6,8-10H2. The van der Waals surface area contributed by atoms with Gasteiger partial charge in [-0.2, -0.15) is 0 Å². The molecule has 3 aliphatic rings. The van der Waals surface area contributed by atoms with Gasteiger partial charge < -0.3 is 4.74 Å². The number of pyridine rings is 1. The van der Waals surface area contributed by atoms with E-state index >= 15 is 0 Å². The normalized spacial score (nSPS) is 29.4. The predicted octanol–water partition coefficient (Wildman–Crippen LogP) is 2.61. The molecule has 2 aromatic heterocycles. The van der Waals surface area contributed by atoms with Crippen LogP contribution in [-0.4, -0.2) is 45.3 Å². The monoisotopic (exact) mass is 330 g/mol. The van der Waals surface area contributed by atoms with Gasteiger partial charge in [-0.1, -0.05) is 17.7 Å². The molecule has 0 saturated carbocycles. The number of halogens is 1. The van der Waals surface area contributed by atoms with Crippen LogP contribution in [0.3, 0.4) is 0 Å². The summed E-state index contributed by atoms with van der Waals surface area (Å²) in [5.41, 5.74) is 1.25. The third-order valence-corrected chi connectivity index (χ3v) is 5.12. The molecule has 2 atom stereocenters. The molecular formula is C17H19ClN4O. The van der Waals surface area contributed by atoms with Gasteiger partial charge in [-0.05, 0) is 56.0 Å². The Hall–Kier alpha value is -1.72. The van der Waals surface area contributed by atoms with Gasteiger partial charge in [-0.3, -0.25) is 9.88 Å². The van der Waals surface area contributed by atoms with Crippen molar-refractivity contribution in [2.24, 2.45) is 5.92 Å². The number of nitrogens with zero attached hydrogens (tertiary/aromatic N) is 4. The molecule has 0 amide bonds. The van der Waals surface area contributed by atoms with Crippen LogP contribution >= 0.6 is 11.6 Å². The molecule has 3 aliphatic heterocycles. The first kappa shape index (κ1) is 14.8. The summed E-state index contributed by atoms with van der Waals surface area (Å²) >= 11 is 5.81. The molecule has 2 bridgehead atoms. The zero-order valence-electron chi connectivity index (χ0n) is 12.8. The zero-order chi connectivity index (χ0) is 15.6. The molecular weight excluding hydrogens is 312 g/mol. The van der Waals surface area contributed by atoms with E-state index in [1.807, 2.05) is 18.5 Å². The highest BCUT2D eigenvalue weighted by Crippen LogP contribution is 2.36. The van der Waals surface area contributed by atoms with Gasteiger partial charge >= 0.3 is 0 Å². The lowest BCUT2D eigenvalue weighted by Gasteiger charge is -2.50. The fraction of sp³-hybridized carbons (Fsp3) is 0.471. The van der Waals surface area contributed by atoms with Gasteiger partial charge in [0.2, 0.25) is 5.88 Å². The fourth-order valence-corrected chi connectivity index (χ4v) is 3.89. The smallest absolute Gasteiger partial charge is 0.233 e. The second-order valence-corrected chi connectivity index (χ2v) is 6.67. The molecule has 0 aliphatic carbocycles. The molecule has 0 N–H and O–H groups in total. The summed E-state index contributed by atoms with van der Waals surface area (Å²) in [5, 5.41) is 8.33. The van der Waals surface area contributed by atoms with Crippen LogP contribution < -0.4 is 4.74 Å². The maximum Gasteiger partial charge on any atom is 0.233 e. The van der Waals surface area contributed by atoms with Crippen molar-refractivity contribution in [2.45, 2.75) is 31.4 Å². The Morgan fingerprint density at radius 1 is 1.17 bits per heavy atom. The summed E-state index contributed by atoms with van der Waals surface area (Å²) in [6, 6.07) is 8.02. The number of rotatable bonds is 4. The van der Waals surface area contributed by atoms with Gasteiger partial charge in [0.25, 0.3) is 0 Å². The van der Waals surface area contributed by atoms with Gasteiger partial charge in [0.05, 0.1) is 6.04 Å². The lowest BCUT2D eigenvalue weighted by atomic mass is 9.78. The van der Waals surface area contributed by atoms with Crippen LogP contribution in [0.25, 0.3) is 0 Å². The van der Waals surface area contributed by atoms with Gasteiger partial charge in [0, 0.05) is 18.5 Å². The van der Waals surface area contributed by atoms with E-state index in [0.717, 1.165) is 19.5 Å². The van der Waals surface area contributed by atoms with Crippen molar-refractivity contribution < 1.29 is 4.74 Å². The van der Waals surface area contributed by atoms with Crippen molar-refractivity contribution in [1.82, 2.24) is 20.1 Å². The highest BCUT2D eigenvalue weighted by atomic mass is 35.5. The van der Waals surface area contributed by atoms with Crippen LogP contribution in [0.15, 0.2) is 36.7 Å². The molecule has 5 nitrogen and oxygen atoms in total. The van der Waals surface area contributed by atoms with Gasteiger partial charge in [-0.25, -0.2) is 0 Å². The number of piperidine rings is 3. The van der Waals surface area contributed by atoms with Crippen molar-refractivity contribution in [1.29, 1.82) is 0 Å². The summed E-state index contributed by atoms with van der Waals surface area (Å²) in [4.78, 5) is 6.78. The second-order valence-electron chi connectivity index (χ2n) is 6.28. The Bertz CT molecular complexity index is 643. The number of hydrogen-bond donors (Lipinski definition) is 0. The minimum atomic E-state index is 0.146. The third-order valence-electron chi connectivity index (χ3n) is 4.92. The van der Waals surface area contributed by atoms with E-state index in [1.165, 1.54) is 18.4 Å². The van der Waals surface area contributed by atoms with Crippen molar-refractivity contribution in [3.05, 3.63) is 47.4 Å². The van der Waals surface area contributed by atoms with Crippen LogP contribution in [0.2, 0.25) is 5.15 Å². The molecule has 2 unspecified atom stereocenters. The maximum atomic E-state index is 6.23. The van der Waals surface area contributed by atoms with Crippen LogP contribution in [0.5, 0.6) is 5.88 Å². The van der Waals surface area contributed by atoms with E-state index in [4.69, 9.17) is 16.3 Å². The molecule has 3 fully saturated rings. The second kappa shape index (κ2) is 6.42. The first-order chi connectivity index (χ1) is 11.3. The van der Waals surface area contributed by atoms with Gasteiger partial charge in [0.1, 0.15) is 6.10 Å². The molecule has 120 valence electrons. The SMILES string of the molecule is Clc1ccc(OC2C3CCN(CC3)C2Cc2cccnc2)nn1. The molecule has 0 spiro atoms. The largest absolute Gasteiger partial charge is 0.471 e. The molecule has 5 rings (SSSR count). The Balaban J connectivity index is 1.55. The zero-order valence-corrected chi connectivity index (χ0v) is 13.6. The third kappa shape index (κ3) is 3.16. The van der Waals surface area contributed by atoms with Crippen LogP contribution in [0.1, 0.15) is 18.4 Å². The lowest BCUT2D eigenvalue weighted by molar-refractivity contribution is -0.0599. The Kier molecular flexibility index (Phi) is 4.14. The highest BCUT2D eigenvalue weighted by molar-refractivity contribution is 6.29. The van der Waals surface area contributed by atoms with Crippen molar-refractivity contribution in [3.63, 3.8) is 0 Å². The van der Waals surface area contributed by atoms with E-state index < -0.39 is 0 Å². The first-order valence-corrected chi connectivity index (χ1v) is 8.46. The molecule has 5 heterocycles. The van der Waals surface area contributed by atoms with Crippen LogP contribution in [-0.2, 0) is 6.42 Å². The lowest BCUT2D eigenvalue weighted by Crippen LogP contribution is -2.60. The number of ether oxygens (including phenoxy) is 1. The molecule has 0 radical (unpaired) electrons. The van der Waals surface area contributed by atoms with Gasteiger partial charge in [0.15, 0.2) is 5.15 Å². The van der Waals surface area contributed by atoms with Crippen molar-refractivity contribution >= 4 is 11.6 Å². The molecule has 0 aromatic carbocycles. The summed E-state index contributed by atoms with van der Waals surface area (Å²) in [5.74, 6) is 1.14. The van der Waals surface area contributed by atoms with Crippen LogP contribution in [0.4, 0.5) is 0 Å². The fourth-order valence-electron chi connectivity index (χ4n) is 3.79. The average molecular weight is 331 g/mol. The van der Waals surface area contributed by atoms with E-state index in [-0.39, 0.29) is 6.10 Å². The molecule has 3 saturated heterocycles. The van der Waals surface area contributed by atoms with E-state index in [1.54, 1.807) is 12.1 Å². The maximum absolute atomic E-state index is 6.23. The number of fused-ring (bicyclic) bond motifs is 3. The molecule has 23 heavy (non-hydrogen) atoms. The van der Waals surface area contributed by atoms with Crippen molar-refractivity contribution in [2.75, 3.05) is 13.1 Å². The van der Waals surface area contributed by atoms with Crippen LogP contribution in [0, 0.1) is 5.92 Å². The summed E-state index contributed by atoms with van der Waals surface area (Å²) < 4.78 is 6.23. The predicted molar refractivity (Wildman–Crippen MR) is 87.5 cm³/mol.